The van der Waals surface area contributed by atoms with Crippen LogP contribution >= 0.6 is 0 Å². The van der Waals surface area contributed by atoms with Crippen LogP contribution in [0.3, 0.4) is 0 Å². The number of carbonyl (C=O) groups is 1. The van der Waals surface area contributed by atoms with Crippen molar-refractivity contribution in [2.75, 3.05) is 0 Å². The lowest BCUT2D eigenvalue weighted by Gasteiger charge is -2.24. The van der Waals surface area contributed by atoms with Crippen LogP contribution < -0.4 is 0 Å². The number of rotatable bonds is 8. The van der Waals surface area contributed by atoms with Crippen molar-refractivity contribution in [3.05, 3.63) is 100 Å². The van der Waals surface area contributed by atoms with Gasteiger partial charge in [0.05, 0.1) is 28.2 Å². The van der Waals surface area contributed by atoms with E-state index in [9.17, 15) is 14.3 Å². The minimum absolute atomic E-state index is 0.0909. The molecular weight excluding hydrogens is 520 g/mol. The Morgan fingerprint density at radius 2 is 1.63 bits per heavy atom. The zero-order valence-corrected chi connectivity index (χ0v) is 24.4. The summed E-state index contributed by atoms with van der Waals surface area (Å²) in [4.78, 5) is 21.6. The van der Waals surface area contributed by atoms with E-state index in [1.807, 2.05) is 52.0 Å². The SMILES string of the molecule is Cc1cccc(C)c1-n1cc(C(C)(C)c2cccc(-c3ccc(F)c(CCC4(C)CCCC4)c3F)n2)nc1C(=O)O. The second-order valence-corrected chi connectivity index (χ2v) is 12.3. The molecule has 0 radical (unpaired) electrons. The topological polar surface area (TPSA) is 68.0 Å². The fourth-order valence-corrected chi connectivity index (χ4v) is 6.18. The molecule has 2 aromatic heterocycles. The first-order chi connectivity index (χ1) is 19.4. The van der Waals surface area contributed by atoms with Crippen LogP contribution in [0.25, 0.3) is 16.9 Å². The van der Waals surface area contributed by atoms with Crippen molar-refractivity contribution in [1.29, 1.82) is 0 Å². The van der Waals surface area contributed by atoms with E-state index < -0.39 is 23.0 Å². The molecule has 41 heavy (non-hydrogen) atoms. The Morgan fingerprint density at radius 1 is 0.976 bits per heavy atom. The van der Waals surface area contributed by atoms with Gasteiger partial charge in [0.15, 0.2) is 0 Å². The van der Waals surface area contributed by atoms with Crippen LogP contribution in [0.5, 0.6) is 0 Å². The summed E-state index contributed by atoms with van der Waals surface area (Å²) in [5, 5.41) is 9.99. The first-order valence-electron chi connectivity index (χ1n) is 14.3. The molecular formula is C34H37F2N3O2. The van der Waals surface area contributed by atoms with E-state index in [1.54, 1.807) is 22.9 Å². The Kier molecular flexibility index (Phi) is 7.58. The molecule has 2 aromatic carbocycles. The lowest BCUT2D eigenvalue weighted by atomic mass is 9.82. The molecule has 0 aliphatic heterocycles. The summed E-state index contributed by atoms with van der Waals surface area (Å²) in [7, 11) is 0. The lowest BCUT2D eigenvalue weighted by molar-refractivity contribution is 0.0681. The third-order valence-electron chi connectivity index (χ3n) is 8.86. The Balaban J connectivity index is 1.52. The van der Waals surface area contributed by atoms with E-state index in [0.717, 1.165) is 36.1 Å². The molecule has 4 aromatic rings. The molecule has 2 heterocycles. The zero-order chi connectivity index (χ0) is 29.5. The monoisotopic (exact) mass is 557 g/mol. The molecule has 1 aliphatic rings. The van der Waals surface area contributed by atoms with Crippen molar-refractivity contribution in [3.8, 4) is 16.9 Å². The minimum atomic E-state index is -1.14. The standard InChI is InChI=1S/C34H37F2N3O2/c1-21-10-8-11-22(2)30(21)39-20-28(38-31(39)32(40)41)33(3,4)27-13-9-12-26(37-27)24-14-15-25(35)23(29(24)36)16-19-34(5)17-6-7-18-34/h8-15,20H,6-7,16-19H2,1-5H3,(H,40,41). The molecule has 1 fully saturated rings. The number of pyridine rings is 1. The second-order valence-electron chi connectivity index (χ2n) is 12.3. The number of aryl methyl sites for hydroxylation is 2. The van der Waals surface area contributed by atoms with Crippen LogP contribution in [0.4, 0.5) is 8.78 Å². The average Bonchev–Trinajstić information content (AvgIpc) is 3.56. The minimum Gasteiger partial charge on any atom is -0.475 e. The summed E-state index contributed by atoms with van der Waals surface area (Å²) in [6.45, 7) is 9.91. The highest BCUT2D eigenvalue weighted by Gasteiger charge is 2.32. The molecule has 1 aliphatic carbocycles. The predicted molar refractivity (Wildman–Crippen MR) is 157 cm³/mol. The van der Waals surface area contributed by atoms with Gasteiger partial charge in [-0.1, -0.05) is 44.0 Å². The van der Waals surface area contributed by atoms with Crippen molar-refractivity contribution in [2.45, 2.75) is 78.6 Å². The van der Waals surface area contributed by atoms with Crippen molar-refractivity contribution in [2.24, 2.45) is 5.41 Å². The summed E-state index contributed by atoms with van der Waals surface area (Å²) in [6.07, 6.45) is 7.37. The third kappa shape index (κ3) is 5.42. The fourth-order valence-electron chi connectivity index (χ4n) is 6.18. The van der Waals surface area contributed by atoms with E-state index in [-0.39, 0.29) is 22.4 Å². The molecule has 1 N–H and O–H groups in total. The van der Waals surface area contributed by atoms with Gasteiger partial charge in [-0.3, -0.25) is 9.55 Å². The van der Waals surface area contributed by atoms with Crippen LogP contribution in [0.2, 0.25) is 0 Å². The Labute approximate surface area is 240 Å². The number of nitrogens with zero attached hydrogens (tertiary/aromatic N) is 3. The van der Waals surface area contributed by atoms with Crippen LogP contribution in [0, 0.1) is 30.9 Å². The summed E-state index contributed by atoms with van der Waals surface area (Å²) in [5.41, 5.74) is 3.84. The molecule has 7 heteroatoms. The number of carboxylic acids is 1. The average molecular weight is 558 g/mol. The van der Waals surface area contributed by atoms with E-state index >= 15 is 4.39 Å². The number of aromatic carboxylic acids is 1. The Bertz CT molecular complexity index is 1600. The Hall–Kier alpha value is -3.87. The second kappa shape index (κ2) is 10.8. The van der Waals surface area contributed by atoms with Gasteiger partial charge < -0.3 is 5.11 Å². The van der Waals surface area contributed by atoms with Gasteiger partial charge in [-0.15, -0.1) is 0 Å². The van der Waals surface area contributed by atoms with Gasteiger partial charge in [0, 0.05) is 17.3 Å². The summed E-state index contributed by atoms with van der Waals surface area (Å²) in [5.74, 6) is -2.32. The Morgan fingerprint density at radius 3 is 2.29 bits per heavy atom. The third-order valence-corrected chi connectivity index (χ3v) is 8.86. The van der Waals surface area contributed by atoms with Gasteiger partial charge in [-0.05, 0) is 94.2 Å². The van der Waals surface area contributed by atoms with Crippen molar-refractivity contribution in [3.63, 3.8) is 0 Å². The van der Waals surface area contributed by atoms with Crippen molar-refractivity contribution >= 4 is 5.97 Å². The zero-order valence-electron chi connectivity index (χ0n) is 24.4. The maximum Gasteiger partial charge on any atom is 0.372 e. The molecule has 5 rings (SSSR count). The summed E-state index contributed by atoms with van der Waals surface area (Å²) >= 11 is 0. The summed E-state index contributed by atoms with van der Waals surface area (Å²) < 4.78 is 32.3. The number of halogens is 2. The first kappa shape index (κ1) is 28.7. The first-order valence-corrected chi connectivity index (χ1v) is 14.3. The molecule has 5 nitrogen and oxygen atoms in total. The highest BCUT2D eigenvalue weighted by molar-refractivity contribution is 5.85. The maximum atomic E-state index is 15.8. The molecule has 0 spiro atoms. The summed E-state index contributed by atoms with van der Waals surface area (Å²) in [6, 6.07) is 13.9. The normalized spacial score (nSPS) is 14.9. The number of hydrogen-bond acceptors (Lipinski definition) is 3. The molecule has 0 bridgehead atoms. The van der Waals surface area contributed by atoms with E-state index in [0.29, 0.717) is 23.5 Å². The molecule has 1 saturated carbocycles. The highest BCUT2D eigenvalue weighted by atomic mass is 19.1. The fraction of sp³-hybridized carbons (Fsp3) is 0.382. The number of hydrogen-bond donors (Lipinski definition) is 1. The largest absolute Gasteiger partial charge is 0.475 e. The van der Waals surface area contributed by atoms with Gasteiger partial charge in [-0.25, -0.2) is 18.6 Å². The quantitative estimate of drug-likeness (QED) is 0.236. The highest BCUT2D eigenvalue weighted by Crippen LogP contribution is 2.42. The molecule has 0 amide bonds. The maximum absolute atomic E-state index is 15.8. The van der Waals surface area contributed by atoms with Crippen molar-refractivity contribution in [1.82, 2.24) is 14.5 Å². The number of imidazole rings is 1. The lowest BCUT2D eigenvalue weighted by Crippen LogP contribution is -2.21. The number of carboxylic acid groups (broad SMARTS) is 1. The molecule has 0 saturated heterocycles. The van der Waals surface area contributed by atoms with Gasteiger partial charge >= 0.3 is 5.97 Å². The molecule has 214 valence electrons. The van der Waals surface area contributed by atoms with Gasteiger partial charge in [-0.2, -0.15) is 0 Å². The predicted octanol–water partition coefficient (Wildman–Crippen LogP) is 8.37. The van der Waals surface area contributed by atoms with E-state index in [2.05, 4.69) is 11.9 Å². The van der Waals surface area contributed by atoms with Crippen LogP contribution in [0.1, 0.15) is 91.6 Å². The number of benzene rings is 2. The van der Waals surface area contributed by atoms with Crippen LogP contribution in [0.15, 0.2) is 54.7 Å². The smallest absolute Gasteiger partial charge is 0.372 e. The van der Waals surface area contributed by atoms with E-state index in [1.165, 1.54) is 25.0 Å². The van der Waals surface area contributed by atoms with Crippen LogP contribution in [-0.2, 0) is 11.8 Å². The molecule has 0 atom stereocenters. The van der Waals surface area contributed by atoms with Crippen LogP contribution in [-0.4, -0.2) is 25.6 Å². The van der Waals surface area contributed by atoms with Crippen molar-refractivity contribution < 1.29 is 18.7 Å². The van der Waals surface area contributed by atoms with Gasteiger partial charge in [0.2, 0.25) is 5.82 Å². The number of aromatic nitrogens is 3. The van der Waals surface area contributed by atoms with Gasteiger partial charge in [0.25, 0.3) is 0 Å². The van der Waals surface area contributed by atoms with E-state index in [4.69, 9.17) is 4.98 Å². The molecule has 0 unspecified atom stereocenters. The van der Waals surface area contributed by atoms with Gasteiger partial charge in [0.1, 0.15) is 11.6 Å². The number of para-hydroxylation sites is 1.